The van der Waals surface area contributed by atoms with Crippen LogP contribution in [0.15, 0.2) is 54.6 Å². The van der Waals surface area contributed by atoms with Crippen LogP contribution in [0.1, 0.15) is 34.5 Å². The van der Waals surface area contributed by atoms with E-state index in [0.29, 0.717) is 5.56 Å². The van der Waals surface area contributed by atoms with Crippen molar-refractivity contribution in [1.29, 1.82) is 0 Å². The highest BCUT2D eigenvalue weighted by molar-refractivity contribution is 5.95. The largest absolute Gasteiger partial charge is 0.394 e. The number of hydrogen-bond donors (Lipinski definition) is 2. The van der Waals surface area contributed by atoms with Gasteiger partial charge in [-0.2, -0.15) is 0 Å². The Balaban J connectivity index is 2.18. The minimum absolute atomic E-state index is 0.121. The third kappa shape index (κ3) is 3.25. The van der Waals surface area contributed by atoms with Crippen molar-refractivity contribution in [2.45, 2.75) is 19.4 Å². The molecule has 0 fully saturated rings. The highest BCUT2D eigenvalue weighted by Crippen LogP contribution is 2.15. The lowest BCUT2D eigenvalue weighted by Crippen LogP contribution is -2.31. The number of aryl methyl sites for hydroxylation is 1. The molecule has 0 spiro atoms. The predicted molar refractivity (Wildman–Crippen MR) is 79.6 cm³/mol. The molecule has 0 aliphatic carbocycles. The fraction of sp³-hybridized carbons (Fsp3) is 0.235. The van der Waals surface area contributed by atoms with E-state index < -0.39 is 0 Å². The fourth-order valence-corrected chi connectivity index (χ4v) is 2.21. The molecule has 1 atom stereocenters. The first kappa shape index (κ1) is 14.3. The number of aliphatic hydroxyl groups is 1. The molecular formula is C17H19NO2. The normalized spacial score (nSPS) is 11.9. The number of nitrogens with one attached hydrogen (secondary N) is 1. The van der Waals surface area contributed by atoms with Crippen molar-refractivity contribution in [3.8, 4) is 0 Å². The van der Waals surface area contributed by atoms with E-state index in [1.807, 2.05) is 61.5 Å². The molecule has 0 aromatic heterocycles. The highest BCUT2D eigenvalue weighted by Gasteiger charge is 2.16. The Morgan fingerprint density at radius 2 is 1.75 bits per heavy atom. The van der Waals surface area contributed by atoms with E-state index in [2.05, 4.69) is 5.32 Å². The summed E-state index contributed by atoms with van der Waals surface area (Å²) in [7, 11) is 0. The van der Waals surface area contributed by atoms with Gasteiger partial charge in [0.1, 0.15) is 0 Å². The Bertz CT molecular complexity index is 566. The van der Waals surface area contributed by atoms with Crippen LogP contribution in [0.3, 0.4) is 0 Å². The summed E-state index contributed by atoms with van der Waals surface area (Å²) >= 11 is 0. The van der Waals surface area contributed by atoms with Gasteiger partial charge in [0, 0.05) is 5.56 Å². The number of amides is 1. The first-order chi connectivity index (χ1) is 9.76. The number of benzene rings is 2. The minimum Gasteiger partial charge on any atom is -0.394 e. The van der Waals surface area contributed by atoms with Gasteiger partial charge in [-0.25, -0.2) is 0 Å². The minimum atomic E-state index is -0.381. The van der Waals surface area contributed by atoms with Crippen LogP contribution < -0.4 is 5.32 Å². The van der Waals surface area contributed by atoms with Crippen LogP contribution in [0, 0.1) is 0 Å². The molecule has 3 nitrogen and oxygen atoms in total. The Hall–Kier alpha value is -2.13. The van der Waals surface area contributed by atoms with Crippen molar-refractivity contribution < 1.29 is 9.90 Å². The molecule has 2 aromatic carbocycles. The monoisotopic (exact) mass is 269 g/mol. The van der Waals surface area contributed by atoms with Crippen molar-refractivity contribution >= 4 is 5.91 Å². The van der Waals surface area contributed by atoms with E-state index in [1.165, 1.54) is 0 Å². The van der Waals surface area contributed by atoms with Crippen molar-refractivity contribution in [2.24, 2.45) is 0 Å². The molecule has 20 heavy (non-hydrogen) atoms. The molecule has 0 bridgehead atoms. The van der Waals surface area contributed by atoms with Crippen LogP contribution in [0.5, 0.6) is 0 Å². The quantitative estimate of drug-likeness (QED) is 0.876. The van der Waals surface area contributed by atoms with Crippen LogP contribution in [0.4, 0.5) is 0 Å². The Labute approximate surface area is 119 Å². The summed E-state index contributed by atoms with van der Waals surface area (Å²) in [4.78, 5) is 12.3. The molecule has 2 rings (SSSR count). The molecule has 3 heteroatoms. The SMILES string of the molecule is CCc1ccccc1C(=O)NC(CO)c1ccccc1. The number of rotatable bonds is 5. The zero-order valence-corrected chi connectivity index (χ0v) is 11.5. The van der Waals surface area contributed by atoms with Gasteiger partial charge in [0.25, 0.3) is 5.91 Å². The zero-order valence-electron chi connectivity index (χ0n) is 11.5. The van der Waals surface area contributed by atoms with E-state index >= 15 is 0 Å². The maximum Gasteiger partial charge on any atom is 0.252 e. The van der Waals surface area contributed by atoms with E-state index in [4.69, 9.17) is 0 Å². The van der Waals surface area contributed by atoms with E-state index in [-0.39, 0.29) is 18.6 Å². The lowest BCUT2D eigenvalue weighted by molar-refractivity contribution is 0.0915. The van der Waals surface area contributed by atoms with Gasteiger partial charge in [-0.15, -0.1) is 0 Å². The number of carbonyl (C=O) groups is 1. The first-order valence-corrected chi connectivity index (χ1v) is 6.80. The van der Waals surface area contributed by atoms with Gasteiger partial charge in [-0.05, 0) is 23.6 Å². The summed E-state index contributed by atoms with van der Waals surface area (Å²) in [6, 6.07) is 16.6. The van der Waals surface area contributed by atoms with Gasteiger partial charge in [0.05, 0.1) is 12.6 Å². The molecule has 0 radical (unpaired) electrons. The summed E-state index contributed by atoms with van der Waals surface area (Å²) in [5.41, 5.74) is 2.58. The molecule has 1 unspecified atom stereocenters. The van der Waals surface area contributed by atoms with Crippen molar-refractivity contribution in [3.63, 3.8) is 0 Å². The fourth-order valence-electron chi connectivity index (χ4n) is 2.21. The van der Waals surface area contributed by atoms with Crippen molar-refractivity contribution in [2.75, 3.05) is 6.61 Å². The maximum absolute atomic E-state index is 12.3. The molecule has 2 aromatic rings. The van der Waals surface area contributed by atoms with Gasteiger partial charge in [0.2, 0.25) is 0 Å². The predicted octanol–water partition coefficient (Wildman–Crippen LogP) is 2.71. The molecule has 0 heterocycles. The number of hydrogen-bond acceptors (Lipinski definition) is 2. The van der Waals surface area contributed by atoms with E-state index in [0.717, 1.165) is 17.5 Å². The smallest absolute Gasteiger partial charge is 0.252 e. The van der Waals surface area contributed by atoms with Gasteiger partial charge in [-0.3, -0.25) is 4.79 Å². The van der Waals surface area contributed by atoms with Crippen molar-refractivity contribution in [1.82, 2.24) is 5.32 Å². The molecule has 0 aliphatic heterocycles. The average molecular weight is 269 g/mol. The second-order valence-electron chi connectivity index (χ2n) is 4.63. The molecule has 2 N–H and O–H groups in total. The molecule has 0 saturated carbocycles. The van der Waals surface area contributed by atoms with Crippen LogP contribution in [0.25, 0.3) is 0 Å². The topological polar surface area (TPSA) is 49.3 Å². The highest BCUT2D eigenvalue weighted by atomic mass is 16.3. The number of carbonyl (C=O) groups excluding carboxylic acids is 1. The lowest BCUT2D eigenvalue weighted by atomic mass is 10.0. The molecule has 0 aliphatic rings. The maximum atomic E-state index is 12.3. The molecule has 1 amide bonds. The van der Waals surface area contributed by atoms with Crippen LogP contribution in [0.2, 0.25) is 0 Å². The summed E-state index contributed by atoms with van der Waals surface area (Å²) in [6.07, 6.45) is 0.804. The standard InChI is InChI=1S/C17H19NO2/c1-2-13-8-6-7-11-15(13)17(20)18-16(12-19)14-9-4-3-5-10-14/h3-11,16,19H,2,12H2,1H3,(H,18,20). The van der Waals surface area contributed by atoms with Gasteiger partial charge < -0.3 is 10.4 Å². The summed E-state index contributed by atoms with van der Waals surface area (Å²) < 4.78 is 0. The van der Waals surface area contributed by atoms with Crippen LogP contribution in [-0.4, -0.2) is 17.6 Å². The Kier molecular flexibility index (Phi) is 4.91. The molecule has 104 valence electrons. The Morgan fingerprint density at radius 1 is 1.10 bits per heavy atom. The lowest BCUT2D eigenvalue weighted by Gasteiger charge is -2.17. The van der Waals surface area contributed by atoms with Crippen LogP contribution in [-0.2, 0) is 6.42 Å². The third-order valence-electron chi connectivity index (χ3n) is 3.33. The number of aliphatic hydroxyl groups excluding tert-OH is 1. The summed E-state index contributed by atoms with van der Waals surface area (Å²) in [5, 5.41) is 12.4. The van der Waals surface area contributed by atoms with Crippen molar-refractivity contribution in [3.05, 3.63) is 71.3 Å². The van der Waals surface area contributed by atoms with E-state index in [9.17, 15) is 9.90 Å². The second-order valence-corrected chi connectivity index (χ2v) is 4.63. The summed E-state index contributed by atoms with van der Waals surface area (Å²) in [6.45, 7) is 1.90. The first-order valence-electron chi connectivity index (χ1n) is 6.80. The van der Waals surface area contributed by atoms with Gasteiger partial charge >= 0.3 is 0 Å². The van der Waals surface area contributed by atoms with Gasteiger partial charge in [0.15, 0.2) is 0 Å². The average Bonchev–Trinajstić information content (AvgIpc) is 2.53. The van der Waals surface area contributed by atoms with Gasteiger partial charge in [-0.1, -0.05) is 55.5 Å². The van der Waals surface area contributed by atoms with E-state index in [1.54, 1.807) is 0 Å². The third-order valence-corrected chi connectivity index (χ3v) is 3.33. The molecular weight excluding hydrogens is 250 g/mol. The summed E-state index contributed by atoms with van der Waals surface area (Å²) in [5.74, 6) is -0.148. The second kappa shape index (κ2) is 6.87. The van der Waals surface area contributed by atoms with Crippen LogP contribution >= 0.6 is 0 Å². The zero-order chi connectivity index (χ0) is 14.4. The Morgan fingerprint density at radius 3 is 2.40 bits per heavy atom. The molecule has 0 saturated heterocycles.